The van der Waals surface area contributed by atoms with E-state index in [1.54, 1.807) is 24.3 Å². The number of amides is 1. The van der Waals surface area contributed by atoms with Gasteiger partial charge in [-0.2, -0.15) is 11.8 Å². The maximum atomic E-state index is 12.1. The first-order valence-electron chi connectivity index (χ1n) is 6.42. The third kappa shape index (κ3) is 3.64. The molecule has 0 saturated carbocycles. The van der Waals surface area contributed by atoms with Crippen molar-refractivity contribution in [3.05, 3.63) is 29.8 Å². The van der Waals surface area contributed by atoms with Gasteiger partial charge in [0.15, 0.2) is 0 Å². The summed E-state index contributed by atoms with van der Waals surface area (Å²) in [4.78, 5) is 12.1. The number of hydrogen-bond acceptors (Lipinski definition) is 4. The van der Waals surface area contributed by atoms with Crippen LogP contribution in [0.5, 0.6) is 0 Å². The van der Waals surface area contributed by atoms with Gasteiger partial charge in [-0.1, -0.05) is 6.07 Å². The summed E-state index contributed by atoms with van der Waals surface area (Å²) in [7, 11) is 0. The van der Waals surface area contributed by atoms with Crippen LogP contribution < -0.4 is 11.1 Å². The molecule has 2 rings (SSSR count). The van der Waals surface area contributed by atoms with Gasteiger partial charge in [0, 0.05) is 35.8 Å². The number of nitrogens with two attached hydrogens (primary N) is 1. The zero-order valence-electron chi connectivity index (χ0n) is 11.1. The Labute approximate surface area is 118 Å². The molecule has 0 atom stereocenters. The Morgan fingerprint density at radius 1 is 1.47 bits per heavy atom. The maximum absolute atomic E-state index is 12.1. The summed E-state index contributed by atoms with van der Waals surface area (Å²) in [5.41, 5.74) is 6.91. The van der Waals surface area contributed by atoms with Crippen LogP contribution in [0.25, 0.3) is 0 Å². The molecular weight excluding hydrogens is 260 g/mol. The van der Waals surface area contributed by atoms with Crippen molar-refractivity contribution in [2.75, 3.05) is 31.7 Å². The van der Waals surface area contributed by atoms with Crippen molar-refractivity contribution in [2.45, 2.75) is 17.6 Å². The lowest BCUT2D eigenvalue weighted by molar-refractivity contribution is 0.0742. The van der Waals surface area contributed by atoms with E-state index in [-0.39, 0.29) is 10.7 Å². The average molecular weight is 280 g/mol. The number of nitrogens with one attached hydrogen (secondary N) is 1. The van der Waals surface area contributed by atoms with Crippen LogP contribution in [0.1, 0.15) is 23.2 Å². The molecule has 1 aliphatic heterocycles. The summed E-state index contributed by atoms with van der Waals surface area (Å²) >= 11 is 1.81. The molecule has 1 amide bonds. The zero-order chi connectivity index (χ0) is 13.7. The maximum Gasteiger partial charge on any atom is 0.251 e. The van der Waals surface area contributed by atoms with Crippen molar-refractivity contribution in [1.82, 2.24) is 5.32 Å². The van der Waals surface area contributed by atoms with Gasteiger partial charge >= 0.3 is 0 Å². The van der Waals surface area contributed by atoms with Crippen LogP contribution in [-0.2, 0) is 4.74 Å². The van der Waals surface area contributed by atoms with Gasteiger partial charge in [-0.05, 0) is 37.3 Å². The minimum atomic E-state index is -0.0628. The van der Waals surface area contributed by atoms with Crippen molar-refractivity contribution in [3.63, 3.8) is 0 Å². The van der Waals surface area contributed by atoms with E-state index in [0.717, 1.165) is 26.1 Å². The van der Waals surface area contributed by atoms with Gasteiger partial charge < -0.3 is 15.8 Å². The van der Waals surface area contributed by atoms with Gasteiger partial charge in [-0.25, -0.2) is 0 Å². The molecule has 1 aromatic rings. The number of nitrogen functional groups attached to an aromatic ring is 1. The van der Waals surface area contributed by atoms with E-state index < -0.39 is 0 Å². The lowest BCUT2D eigenvalue weighted by Crippen LogP contribution is -2.44. The van der Waals surface area contributed by atoms with Gasteiger partial charge in [0.25, 0.3) is 5.91 Å². The topological polar surface area (TPSA) is 64.4 Å². The van der Waals surface area contributed by atoms with Crippen LogP contribution in [0.2, 0.25) is 0 Å². The molecule has 0 aliphatic carbocycles. The van der Waals surface area contributed by atoms with E-state index in [0.29, 0.717) is 17.8 Å². The number of carbonyl (C=O) groups is 1. The van der Waals surface area contributed by atoms with Crippen molar-refractivity contribution >= 4 is 23.4 Å². The highest BCUT2D eigenvalue weighted by molar-refractivity contribution is 8.00. The molecular formula is C14H20N2O2S. The minimum absolute atomic E-state index is 0.0628. The molecule has 4 nitrogen and oxygen atoms in total. The fourth-order valence-electron chi connectivity index (χ4n) is 2.22. The van der Waals surface area contributed by atoms with E-state index in [9.17, 15) is 4.79 Å². The van der Waals surface area contributed by atoms with Crippen LogP contribution in [0, 0.1) is 0 Å². The molecule has 3 N–H and O–H groups in total. The Bertz CT molecular complexity index is 445. The lowest BCUT2D eigenvalue weighted by Gasteiger charge is -2.35. The van der Waals surface area contributed by atoms with Gasteiger partial charge in [-0.3, -0.25) is 4.79 Å². The largest absolute Gasteiger partial charge is 0.399 e. The molecule has 1 aromatic carbocycles. The molecule has 0 bridgehead atoms. The summed E-state index contributed by atoms with van der Waals surface area (Å²) < 4.78 is 5.50. The van der Waals surface area contributed by atoms with Gasteiger partial charge in [-0.15, -0.1) is 0 Å². The van der Waals surface area contributed by atoms with Crippen LogP contribution in [0.4, 0.5) is 5.69 Å². The molecule has 19 heavy (non-hydrogen) atoms. The SMILES string of the molecule is CSC1(CNC(=O)c2cccc(N)c2)CCOCC1. The normalized spacial score (nSPS) is 17.9. The third-order valence-electron chi connectivity index (χ3n) is 3.56. The van der Waals surface area contributed by atoms with Gasteiger partial charge in [0.1, 0.15) is 0 Å². The molecule has 1 saturated heterocycles. The number of ether oxygens (including phenoxy) is 1. The Hall–Kier alpha value is -1.20. The molecule has 0 radical (unpaired) electrons. The van der Waals surface area contributed by atoms with Crippen molar-refractivity contribution in [2.24, 2.45) is 0 Å². The second-order valence-electron chi connectivity index (χ2n) is 4.81. The van der Waals surface area contributed by atoms with E-state index in [1.807, 2.05) is 11.8 Å². The van der Waals surface area contributed by atoms with E-state index in [4.69, 9.17) is 10.5 Å². The molecule has 0 unspecified atom stereocenters. The highest BCUT2D eigenvalue weighted by atomic mass is 32.2. The first-order chi connectivity index (χ1) is 9.15. The van der Waals surface area contributed by atoms with Gasteiger partial charge in [0.2, 0.25) is 0 Å². The van der Waals surface area contributed by atoms with E-state index in [1.165, 1.54) is 0 Å². The monoisotopic (exact) mass is 280 g/mol. The van der Waals surface area contributed by atoms with Crippen LogP contribution in [-0.4, -0.2) is 36.7 Å². The molecule has 104 valence electrons. The molecule has 0 spiro atoms. The van der Waals surface area contributed by atoms with Crippen molar-refractivity contribution < 1.29 is 9.53 Å². The molecule has 1 fully saturated rings. The van der Waals surface area contributed by atoms with Crippen LogP contribution in [0.3, 0.4) is 0 Å². The Morgan fingerprint density at radius 2 is 2.21 bits per heavy atom. The lowest BCUT2D eigenvalue weighted by atomic mass is 9.99. The fourth-order valence-corrected chi connectivity index (χ4v) is 3.01. The fraction of sp³-hybridized carbons (Fsp3) is 0.500. The number of hydrogen-bond donors (Lipinski definition) is 2. The highest BCUT2D eigenvalue weighted by Crippen LogP contribution is 2.33. The van der Waals surface area contributed by atoms with Crippen LogP contribution >= 0.6 is 11.8 Å². The predicted molar refractivity (Wildman–Crippen MR) is 79.5 cm³/mol. The summed E-state index contributed by atoms with van der Waals surface area (Å²) in [6.07, 6.45) is 4.05. The van der Waals surface area contributed by atoms with Gasteiger partial charge in [0.05, 0.1) is 0 Å². The van der Waals surface area contributed by atoms with Crippen molar-refractivity contribution in [3.8, 4) is 0 Å². The Balaban J connectivity index is 1.95. The minimum Gasteiger partial charge on any atom is -0.399 e. The number of carbonyl (C=O) groups excluding carboxylic acids is 1. The zero-order valence-corrected chi connectivity index (χ0v) is 12.0. The summed E-state index contributed by atoms with van der Waals surface area (Å²) in [5, 5.41) is 3.02. The number of rotatable bonds is 4. The summed E-state index contributed by atoms with van der Waals surface area (Å²) in [6.45, 7) is 2.22. The average Bonchev–Trinajstić information content (AvgIpc) is 2.46. The first-order valence-corrected chi connectivity index (χ1v) is 7.64. The molecule has 1 heterocycles. The van der Waals surface area contributed by atoms with E-state index >= 15 is 0 Å². The highest BCUT2D eigenvalue weighted by Gasteiger charge is 2.32. The standard InChI is InChI=1S/C14H20N2O2S/c1-19-14(5-7-18-8-6-14)10-16-13(17)11-3-2-4-12(15)9-11/h2-4,9H,5-8,10,15H2,1H3,(H,16,17). The van der Waals surface area contributed by atoms with Crippen molar-refractivity contribution in [1.29, 1.82) is 0 Å². The quantitative estimate of drug-likeness (QED) is 0.827. The Morgan fingerprint density at radius 3 is 2.84 bits per heavy atom. The molecule has 0 aromatic heterocycles. The Kier molecular flexibility index (Phi) is 4.71. The second kappa shape index (κ2) is 6.30. The smallest absolute Gasteiger partial charge is 0.251 e. The first kappa shape index (κ1) is 14.2. The second-order valence-corrected chi connectivity index (χ2v) is 6.08. The summed E-state index contributed by atoms with van der Waals surface area (Å²) in [6, 6.07) is 7.05. The number of thioether (sulfide) groups is 1. The predicted octanol–water partition coefficient (Wildman–Crippen LogP) is 1.91. The van der Waals surface area contributed by atoms with E-state index in [2.05, 4.69) is 11.6 Å². The molecule has 5 heteroatoms. The molecule has 1 aliphatic rings. The number of benzene rings is 1. The summed E-state index contributed by atoms with van der Waals surface area (Å²) in [5.74, 6) is -0.0628. The number of anilines is 1. The van der Waals surface area contributed by atoms with Crippen LogP contribution in [0.15, 0.2) is 24.3 Å². The third-order valence-corrected chi connectivity index (χ3v) is 4.98.